The van der Waals surface area contributed by atoms with Crippen LogP contribution in [0.1, 0.15) is 22.6 Å². The van der Waals surface area contributed by atoms with Gasteiger partial charge in [0.05, 0.1) is 12.1 Å². The summed E-state index contributed by atoms with van der Waals surface area (Å²) in [6.45, 7) is 0. The van der Waals surface area contributed by atoms with E-state index in [1.54, 1.807) is 0 Å². The summed E-state index contributed by atoms with van der Waals surface area (Å²) < 4.78 is 0. The van der Waals surface area contributed by atoms with Crippen molar-refractivity contribution in [3.05, 3.63) is 108 Å². The summed E-state index contributed by atoms with van der Waals surface area (Å²) >= 11 is 0. The molecule has 1 atom stereocenters. The van der Waals surface area contributed by atoms with Crippen LogP contribution in [-0.4, -0.2) is 0 Å². The lowest BCUT2D eigenvalue weighted by Crippen LogP contribution is -2.31. The van der Waals surface area contributed by atoms with Gasteiger partial charge in [-0.25, -0.2) is 0 Å². The second kappa shape index (κ2) is 6.82. The van der Waals surface area contributed by atoms with Crippen LogP contribution in [0.5, 0.6) is 0 Å². The van der Waals surface area contributed by atoms with Crippen LogP contribution in [0.25, 0.3) is 0 Å². The predicted molar refractivity (Wildman–Crippen MR) is 92.9 cm³/mol. The summed E-state index contributed by atoms with van der Waals surface area (Å²) in [6.07, 6.45) is 0. The van der Waals surface area contributed by atoms with Crippen molar-refractivity contribution >= 4 is 0 Å². The summed E-state index contributed by atoms with van der Waals surface area (Å²) in [5, 5.41) is 20.1. The van der Waals surface area contributed by atoms with Gasteiger partial charge in [0.2, 0.25) is 0 Å². The van der Waals surface area contributed by atoms with Gasteiger partial charge in [-0.1, -0.05) is 84.9 Å². The van der Waals surface area contributed by atoms with Gasteiger partial charge in [0.1, 0.15) is 0 Å². The summed E-state index contributed by atoms with van der Waals surface area (Å²) in [6, 6.07) is 34.1. The first-order valence-corrected chi connectivity index (χ1v) is 7.71. The molecule has 0 amide bonds. The quantitative estimate of drug-likeness (QED) is 0.707. The SMILES string of the molecule is N#CC(C#N)(c1ccccc1)C(c1cc[c]cc1)c1ccccc1. The van der Waals surface area contributed by atoms with Crippen LogP contribution in [-0.2, 0) is 5.41 Å². The normalized spacial score (nSPS) is 10.8. The molecule has 3 aromatic rings. The number of nitriles is 2. The third-order valence-electron chi connectivity index (χ3n) is 4.23. The van der Waals surface area contributed by atoms with Crippen LogP contribution in [0.3, 0.4) is 0 Å². The van der Waals surface area contributed by atoms with E-state index in [9.17, 15) is 10.5 Å². The molecule has 0 fully saturated rings. The fraction of sp³-hybridized carbons (Fsp3) is 0.0909. The van der Waals surface area contributed by atoms with Crippen LogP contribution in [0.4, 0.5) is 0 Å². The minimum atomic E-state index is -1.30. The van der Waals surface area contributed by atoms with Crippen molar-refractivity contribution in [3.63, 3.8) is 0 Å². The average molecular weight is 307 g/mol. The molecule has 3 rings (SSSR count). The third-order valence-corrected chi connectivity index (χ3v) is 4.23. The number of hydrogen-bond donors (Lipinski definition) is 0. The maximum absolute atomic E-state index is 10.0. The Labute approximate surface area is 142 Å². The van der Waals surface area contributed by atoms with E-state index in [4.69, 9.17) is 0 Å². The standard InChI is InChI=1S/C22H15N2/c23-16-22(17-24,20-14-8-3-9-15-20)21(18-10-4-1-5-11-18)19-12-6-2-7-13-19/h1,3-15,21H. The van der Waals surface area contributed by atoms with Gasteiger partial charge in [0, 0.05) is 5.92 Å². The Morgan fingerprint density at radius 1 is 0.708 bits per heavy atom. The van der Waals surface area contributed by atoms with Gasteiger partial charge >= 0.3 is 0 Å². The van der Waals surface area contributed by atoms with Crippen molar-refractivity contribution in [1.82, 2.24) is 0 Å². The first kappa shape index (κ1) is 15.5. The predicted octanol–water partition coefficient (Wildman–Crippen LogP) is 4.60. The van der Waals surface area contributed by atoms with E-state index in [0.717, 1.165) is 11.1 Å². The Hall–Kier alpha value is -3.36. The van der Waals surface area contributed by atoms with E-state index in [2.05, 4.69) is 18.2 Å². The molecular weight excluding hydrogens is 292 g/mol. The molecule has 0 N–H and O–H groups in total. The van der Waals surface area contributed by atoms with E-state index in [0.29, 0.717) is 5.56 Å². The Morgan fingerprint density at radius 3 is 1.75 bits per heavy atom. The van der Waals surface area contributed by atoms with E-state index in [1.165, 1.54) is 0 Å². The lowest BCUT2D eigenvalue weighted by molar-refractivity contribution is 0.603. The van der Waals surface area contributed by atoms with Crippen LogP contribution >= 0.6 is 0 Å². The molecular formula is C22H15N2. The third kappa shape index (κ3) is 2.67. The molecule has 2 heteroatoms. The number of nitrogens with zero attached hydrogens (tertiary/aromatic N) is 2. The highest BCUT2D eigenvalue weighted by atomic mass is 14.5. The van der Waals surface area contributed by atoms with E-state index in [-0.39, 0.29) is 5.92 Å². The fourth-order valence-electron chi connectivity index (χ4n) is 3.08. The minimum absolute atomic E-state index is 0.384. The molecule has 0 saturated carbocycles. The van der Waals surface area contributed by atoms with Crippen LogP contribution < -0.4 is 0 Å². The fourth-order valence-corrected chi connectivity index (χ4v) is 3.08. The highest BCUT2D eigenvalue weighted by Gasteiger charge is 2.43. The van der Waals surface area contributed by atoms with E-state index in [1.807, 2.05) is 84.9 Å². The Bertz CT molecular complexity index is 819. The monoisotopic (exact) mass is 307 g/mol. The van der Waals surface area contributed by atoms with Crippen molar-refractivity contribution in [1.29, 1.82) is 10.5 Å². The molecule has 3 aromatic carbocycles. The molecule has 0 spiro atoms. The zero-order chi connectivity index (χ0) is 16.8. The molecule has 113 valence electrons. The Balaban J connectivity index is 2.28. The zero-order valence-electron chi connectivity index (χ0n) is 13.1. The van der Waals surface area contributed by atoms with Crippen molar-refractivity contribution in [2.75, 3.05) is 0 Å². The topological polar surface area (TPSA) is 47.6 Å². The molecule has 0 aliphatic carbocycles. The smallest absolute Gasteiger partial charge is 0.179 e. The van der Waals surface area contributed by atoms with Gasteiger partial charge in [-0.3, -0.25) is 0 Å². The number of benzene rings is 3. The lowest BCUT2D eigenvalue weighted by atomic mass is 9.66. The van der Waals surface area contributed by atoms with Crippen LogP contribution in [0.2, 0.25) is 0 Å². The second-order valence-electron chi connectivity index (χ2n) is 5.57. The largest absolute Gasteiger partial charge is 0.196 e. The van der Waals surface area contributed by atoms with E-state index >= 15 is 0 Å². The van der Waals surface area contributed by atoms with Crippen LogP contribution in [0.15, 0.2) is 84.9 Å². The summed E-state index contributed by atoms with van der Waals surface area (Å²) in [5.74, 6) is -0.384. The highest BCUT2D eigenvalue weighted by Crippen LogP contribution is 2.42. The van der Waals surface area contributed by atoms with Crippen molar-refractivity contribution in [2.45, 2.75) is 11.3 Å². The molecule has 1 unspecified atom stereocenters. The Morgan fingerprint density at radius 2 is 1.21 bits per heavy atom. The molecule has 24 heavy (non-hydrogen) atoms. The summed E-state index contributed by atoms with van der Waals surface area (Å²) in [7, 11) is 0. The van der Waals surface area contributed by atoms with Crippen molar-refractivity contribution < 1.29 is 0 Å². The maximum Gasteiger partial charge on any atom is 0.179 e. The minimum Gasteiger partial charge on any atom is -0.196 e. The molecule has 0 aliphatic heterocycles. The molecule has 0 aromatic heterocycles. The first-order chi connectivity index (χ1) is 11.8. The van der Waals surface area contributed by atoms with Gasteiger partial charge in [0.25, 0.3) is 0 Å². The van der Waals surface area contributed by atoms with Gasteiger partial charge in [-0.2, -0.15) is 10.5 Å². The van der Waals surface area contributed by atoms with Crippen molar-refractivity contribution in [2.24, 2.45) is 0 Å². The number of rotatable bonds is 4. The molecule has 1 radical (unpaired) electrons. The first-order valence-electron chi connectivity index (χ1n) is 7.71. The zero-order valence-corrected chi connectivity index (χ0v) is 13.1. The van der Waals surface area contributed by atoms with Gasteiger partial charge in [-0.05, 0) is 22.8 Å². The molecule has 0 aliphatic rings. The highest BCUT2D eigenvalue weighted by molar-refractivity contribution is 5.51. The maximum atomic E-state index is 10.0. The van der Waals surface area contributed by atoms with Crippen LogP contribution in [0, 0.1) is 28.7 Å². The average Bonchev–Trinajstić information content (AvgIpc) is 2.68. The Kier molecular flexibility index (Phi) is 4.41. The van der Waals surface area contributed by atoms with Gasteiger partial charge in [-0.15, -0.1) is 0 Å². The van der Waals surface area contributed by atoms with Gasteiger partial charge in [0.15, 0.2) is 5.41 Å². The molecule has 2 nitrogen and oxygen atoms in total. The van der Waals surface area contributed by atoms with E-state index < -0.39 is 5.41 Å². The molecule has 0 bridgehead atoms. The molecule has 0 saturated heterocycles. The molecule has 0 heterocycles. The van der Waals surface area contributed by atoms with Gasteiger partial charge < -0.3 is 0 Å². The lowest BCUT2D eigenvalue weighted by Gasteiger charge is -2.30. The summed E-state index contributed by atoms with van der Waals surface area (Å²) in [5.41, 5.74) is 1.27. The second-order valence-corrected chi connectivity index (χ2v) is 5.57. The number of hydrogen-bond acceptors (Lipinski definition) is 2. The van der Waals surface area contributed by atoms with Crippen molar-refractivity contribution in [3.8, 4) is 12.1 Å². The summed E-state index contributed by atoms with van der Waals surface area (Å²) in [4.78, 5) is 0.